The van der Waals surface area contributed by atoms with Gasteiger partial charge in [0.05, 0.1) is 26.4 Å². The van der Waals surface area contributed by atoms with Crippen LogP contribution < -0.4 is 0 Å². The van der Waals surface area contributed by atoms with Crippen LogP contribution in [0, 0.1) is 11.8 Å². The summed E-state index contributed by atoms with van der Waals surface area (Å²) in [5, 5.41) is 10.6. The third-order valence-electron chi connectivity index (χ3n) is 16.7. The zero-order valence-corrected chi connectivity index (χ0v) is 60.9. The van der Waals surface area contributed by atoms with Crippen molar-refractivity contribution in [1.82, 2.24) is 0 Å². The van der Waals surface area contributed by atoms with E-state index in [0.717, 1.165) is 95.8 Å². The molecule has 17 nitrogen and oxygen atoms in total. The van der Waals surface area contributed by atoms with Crippen LogP contribution in [0.15, 0.2) is 0 Å². The molecule has 0 saturated carbocycles. The zero-order chi connectivity index (χ0) is 67.2. The summed E-state index contributed by atoms with van der Waals surface area (Å²) in [7, 11) is -9.90. The molecule has 0 radical (unpaired) electrons. The highest BCUT2D eigenvalue weighted by atomic mass is 31.2. The van der Waals surface area contributed by atoms with Gasteiger partial charge in [0, 0.05) is 25.7 Å². The summed E-state index contributed by atoms with van der Waals surface area (Å²) >= 11 is 0. The van der Waals surface area contributed by atoms with Gasteiger partial charge < -0.3 is 33.8 Å². The molecule has 0 aliphatic heterocycles. The van der Waals surface area contributed by atoms with Gasteiger partial charge in [-0.3, -0.25) is 37.3 Å². The summed E-state index contributed by atoms with van der Waals surface area (Å²) in [4.78, 5) is 72.5. The van der Waals surface area contributed by atoms with Gasteiger partial charge in [0.2, 0.25) is 0 Å². The van der Waals surface area contributed by atoms with Gasteiger partial charge in [0.15, 0.2) is 12.2 Å². The van der Waals surface area contributed by atoms with Gasteiger partial charge in [0.1, 0.15) is 19.3 Å². The van der Waals surface area contributed by atoms with Crippen LogP contribution >= 0.6 is 15.6 Å². The number of phosphoric ester groups is 2. The molecular formula is C72H140O17P2. The third-order valence-corrected chi connectivity index (χ3v) is 18.6. The summed E-state index contributed by atoms with van der Waals surface area (Å²) in [6.07, 6.45) is 50.2. The molecular weight excluding hydrogens is 1200 g/mol. The first kappa shape index (κ1) is 89.1. The van der Waals surface area contributed by atoms with Crippen molar-refractivity contribution >= 4 is 39.5 Å². The van der Waals surface area contributed by atoms with Crippen molar-refractivity contribution in [3.8, 4) is 0 Å². The highest BCUT2D eigenvalue weighted by molar-refractivity contribution is 7.47. The zero-order valence-electron chi connectivity index (χ0n) is 59.1. The Morgan fingerprint density at radius 1 is 0.297 bits per heavy atom. The van der Waals surface area contributed by atoms with Crippen LogP contribution in [0.5, 0.6) is 0 Å². The Morgan fingerprint density at radius 2 is 0.505 bits per heavy atom. The van der Waals surface area contributed by atoms with E-state index in [0.29, 0.717) is 31.6 Å². The molecule has 0 aromatic rings. The first-order valence-electron chi connectivity index (χ1n) is 37.5. The Balaban J connectivity index is 5.21. The van der Waals surface area contributed by atoms with Gasteiger partial charge in [-0.1, -0.05) is 318 Å². The molecule has 91 heavy (non-hydrogen) atoms. The van der Waals surface area contributed by atoms with E-state index in [1.165, 1.54) is 186 Å². The van der Waals surface area contributed by atoms with Gasteiger partial charge in [-0.15, -0.1) is 0 Å². The first-order chi connectivity index (χ1) is 43.9. The molecule has 3 N–H and O–H groups in total. The Hall–Kier alpha value is -1.94. The van der Waals surface area contributed by atoms with E-state index in [-0.39, 0.29) is 25.7 Å². The molecule has 0 aromatic heterocycles. The molecule has 0 saturated heterocycles. The van der Waals surface area contributed by atoms with Gasteiger partial charge in [-0.25, -0.2) is 9.13 Å². The smallest absolute Gasteiger partial charge is 0.462 e. The lowest BCUT2D eigenvalue weighted by Gasteiger charge is -2.21. The van der Waals surface area contributed by atoms with Crippen molar-refractivity contribution in [3.63, 3.8) is 0 Å². The SMILES string of the molecule is CCCCCCCCCCCCCCCCCCCC(=O)O[C@H](COC(=O)CCCCCCCCCCCCCCCC(C)C)COP(=O)(O)OC[C@@H](O)COP(=O)(O)OC[C@@H](COC(=O)CCCCCCCCCCC)OC(=O)CCCCCCCCC(C)C. The lowest BCUT2D eigenvalue weighted by atomic mass is 10.0. The van der Waals surface area contributed by atoms with Gasteiger partial charge >= 0.3 is 39.5 Å². The molecule has 0 heterocycles. The Labute approximate surface area is 556 Å². The van der Waals surface area contributed by atoms with Gasteiger partial charge in [0.25, 0.3) is 0 Å². The molecule has 2 unspecified atom stereocenters. The molecule has 0 aromatic carbocycles. The number of rotatable bonds is 71. The second-order valence-corrected chi connectivity index (χ2v) is 29.8. The molecule has 540 valence electrons. The number of unbranched alkanes of at least 4 members (excludes halogenated alkanes) is 41. The number of aliphatic hydroxyl groups excluding tert-OH is 1. The Bertz CT molecular complexity index is 1770. The van der Waals surface area contributed by atoms with Crippen molar-refractivity contribution in [3.05, 3.63) is 0 Å². The van der Waals surface area contributed by atoms with Gasteiger partial charge in [-0.05, 0) is 37.5 Å². The second-order valence-electron chi connectivity index (χ2n) is 26.9. The first-order valence-corrected chi connectivity index (χ1v) is 40.5. The molecule has 0 bridgehead atoms. The Kier molecular flexibility index (Phi) is 62.7. The fourth-order valence-electron chi connectivity index (χ4n) is 10.9. The summed E-state index contributed by atoms with van der Waals surface area (Å²) in [6, 6.07) is 0. The molecule has 5 atom stereocenters. The van der Waals surface area contributed by atoms with Crippen molar-refractivity contribution in [2.45, 2.75) is 387 Å². The number of phosphoric acid groups is 2. The van der Waals surface area contributed by atoms with E-state index in [2.05, 4.69) is 41.5 Å². The average Bonchev–Trinajstić information content (AvgIpc) is 3.47. The molecule has 0 rings (SSSR count). The van der Waals surface area contributed by atoms with E-state index >= 15 is 0 Å². The largest absolute Gasteiger partial charge is 0.472 e. The average molecular weight is 1340 g/mol. The maximum atomic E-state index is 13.0. The van der Waals surface area contributed by atoms with Crippen LogP contribution in [0.4, 0.5) is 0 Å². The quantitative estimate of drug-likeness (QED) is 0.0222. The van der Waals surface area contributed by atoms with Crippen LogP contribution in [0.3, 0.4) is 0 Å². The number of ether oxygens (including phenoxy) is 4. The summed E-state index contributed by atoms with van der Waals surface area (Å²) in [6.45, 7) is 9.48. The van der Waals surface area contributed by atoms with E-state index in [1.54, 1.807) is 0 Å². The number of aliphatic hydroxyl groups is 1. The highest BCUT2D eigenvalue weighted by Crippen LogP contribution is 2.45. The molecule has 0 fully saturated rings. The van der Waals surface area contributed by atoms with Gasteiger partial charge in [-0.2, -0.15) is 0 Å². The van der Waals surface area contributed by atoms with Crippen LogP contribution in [0.1, 0.15) is 369 Å². The van der Waals surface area contributed by atoms with Crippen LogP contribution in [0.25, 0.3) is 0 Å². The van der Waals surface area contributed by atoms with E-state index in [9.17, 15) is 43.2 Å². The van der Waals surface area contributed by atoms with Crippen LogP contribution in [-0.2, 0) is 65.4 Å². The van der Waals surface area contributed by atoms with Crippen LogP contribution in [0.2, 0.25) is 0 Å². The normalized spacial score (nSPS) is 14.1. The van der Waals surface area contributed by atoms with Crippen molar-refractivity contribution in [1.29, 1.82) is 0 Å². The predicted molar refractivity (Wildman–Crippen MR) is 368 cm³/mol. The minimum atomic E-state index is -4.95. The van der Waals surface area contributed by atoms with Crippen molar-refractivity contribution < 1.29 is 80.2 Å². The number of hydrogen-bond donors (Lipinski definition) is 3. The summed E-state index contributed by atoms with van der Waals surface area (Å²) in [5.41, 5.74) is 0. The monoisotopic (exact) mass is 1340 g/mol. The molecule has 0 spiro atoms. The van der Waals surface area contributed by atoms with Crippen molar-refractivity contribution in [2.24, 2.45) is 11.8 Å². The molecule has 19 heteroatoms. The molecule has 0 amide bonds. The molecule has 0 aliphatic carbocycles. The summed E-state index contributed by atoms with van der Waals surface area (Å²) < 4.78 is 68.3. The maximum Gasteiger partial charge on any atom is 0.472 e. The predicted octanol–water partition coefficient (Wildman–Crippen LogP) is 20.8. The lowest BCUT2D eigenvalue weighted by molar-refractivity contribution is -0.161. The van der Waals surface area contributed by atoms with E-state index in [4.69, 9.17) is 37.0 Å². The second kappa shape index (κ2) is 64.1. The maximum absolute atomic E-state index is 13.0. The summed E-state index contributed by atoms with van der Waals surface area (Å²) in [5.74, 6) is -0.665. The van der Waals surface area contributed by atoms with Crippen LogP contribution in [-0.4, -0.2) is 96.7 Å². The minimum Gasteiger partial charge on any atom is -0.462 e. The fraction of sp³-hybridized carbons (Fsp3) is 0.944. The van der Waals surface area contributed by atoms with E-state index in [1.807, 2.05) is 0 Å². The third kappa shape index (κ3) is 66.5. The van der Waals surface area contributed by atoms with Crippen molar-refractivity contribution in [2.75, 3.05) is 39.6 Å². The highest BCUT2D eigenvalue weighted by Gasteiger charge is 2.30. The Morgan fingerprint density at radius 3 is 0.747 bits per heavy atom. The topological polar surface area (TPSA) is 237 Å². The van der Waals surface area contributed by atoms with E-state index < -0.39 is 97.5 Å². The standard InChI is InChI=1S/C72H140O17P2/c1-7-9-11-13-15-17-18-19-20-21-22-25-29-33-37-44-50-56-71(76)88-67(60-83-70(75)55-49-43-36-32-28-26-23-24-27-31-34-40-46-52-64(3)4)62-86-90(78,79)84-58-66(73)59-85-91(80,81)87-63-68(89-72(77)57-51-45-39-38-41-47-53-65(5)6)61-82-69(74)54-48-42-35-30-16-14-12-10-8-2/h64-68,73H,7-63H2,1-6H3,(H,78,79)(H,80,81)/t66-,67-,68-/m1/s1. The fourth-order valence-corrected chi connectivity index (χ4v) is 12.5. The number of esters is 4. The lowest BCUT2D eigenvalue weighted by Crippen LogP contribution is -2.30. The number of carbonyl (C=O) groups excluding carboxylic acids is 4. The minimum absolute atomic E-state index is 0.102. The molecule has 0 aliphatic rings. The number of carbonyl (C=O) groups is 4. The number of hydrogen-bond acceptors (Lipinski definition) is 15.